The van der Waals surface area contributed by atoms with Crippen LogP contribution in [0.3, 0.4) is 0 Å². The molecule has 1 heterocycles. The first-order valence-electron chi connectivity index (χ1n) is 7.07. The number of amides is 1. The molecule has 0 aliphatic carbocycles. The lowest BCUT2D eigenvalue weighted by Gasteiger charge is -2.20. The third kappa shape index (κ3) is 5.17. The molecule has 7 nitrogen and oxygen atoms in total. The van der Waals surface area contributed by atoms with Gasteiger partial charge in [0.15, 0.2) is 0 Å². The highest BCUT2D eigenvalue weighted by molar-refractivity contribution is 7.17. The van der Waals surface area contributed by atoms with Crippen LogP contribution in [-0.4, -0.2) is 24.3 Å². The maximum absolute atomic E-state index is 11.9. The van der Waals surface area contributed by atoms with Crippen LogP contribution in [0.15, 0.2) is 6.58 Å². The number of carbonyl (C=O) groups excluding carboxylic acids is 2. The van der Waals surface area contributed by atoms with Crippen LogP contribution in [0, 0.1) is 6.92 Å². The predicted octanol–water partition coefficient (Wildman–Crippen LogP) is 2.82. The van der Waals surface area contributed by atoms with Gasteiger partial charge in [-0.15, -0.1) is 11.3 Å². The van der Waals surface area contributed by atoms with Gasteiger partial charge >= 0.3 is 12.1 Å². The Labute approximate surface area is 139 Å². The molecule has 0 aromatic carbocycles. The second-order valence-electron chi connectivity index (χ2n) is 5.75. The largest absolute Gasteiger partial charge is 0.462 e. The summed E-state index contributed by atoms with van der Waals surface area (Å²) in [5.41, 5.74) is 11.7. The van der Waals surface area contributed by atoms with Crippen molar-refractivity contribution in [1.29, 1.82) is 0 Å². The predicted molar refractivity (Wildman–Crippen MR) is 91.0 cm³/mol. The maximum atomic E-state index is 11.9. The van der Waals surface area contributed by atoms with Crippen LogP contribution in [0.25, 0.3) is 5.70 Å². The monoisotopic (exact) mass is 341 g/mol. The number of hydrazine groups is 1. The molecule has 1 amide bonds. The second kappa shape index (κ2) is 7.36. The lowest BCUT2D eigenvalue weighted by atomic mass is 10.1. The minimum atomic E-state index is -0.633. The summed E-state index contributed by atoms with van der Waals surface area (Å²) < 4.78 is 10.1. The molecule has 0 aliphatic heterocycles. The zero-order chi connectivity index (χ0) is 17.8. The first kappa shape index (κ1) is 18.8. The number of nitrogens with two attached hydrogens (primary N) is 1. The molecule has 128 valence electrons. The number of esters is 1. The van der Waals surface area contributed by atoms with E-state index in [2.05, 4.69) is 17.4 Å². The number of hydrogen-bond donors (Lipinski definition) is 3. The number of thiophene rings is 1. The molecule has 0 spiro atoms. The van der Waals surface area contributed by atoms with Crippen LogP contribution in [0.5, 0.6) is 0 Å². The summed E-state index contributed by atoms with van der Waals surface area (Å²) in [5.74, 6) is -0.474. The molecule has 0 radical (unpaired) electrons. The molecule has 0 bridgehead atoms. The summed E-state index contributed by atoms with van der Waals surface area (Å²) in [4.78, 5) is 24.2. The standard InChI is InChI=1S/C15H23N3O4S/c1-7-21-13(19)10-8(2)11(23-12(10)16)9(3)17-18-14(20)22-15(4,5)6/h17H,3,7,16H2,1-2,4-6H3,(H,18,20). The van der Waals surface area contributed by atoms with Gasteiger partial charge in [-0.25, -0.2) is 15.0 Å². The summed E-state index contributed by atoms with van der Waals surface area (Å²) in [7, 11) is 0. The highest BCUT2D eigenvalue weighted by atomic mass is 32.1. The van der Waals surface area contributed by atoms with E-state index in [0.717, 1.165) is 0 Å². The van der Waals surface area contributed by atoms with Crippen molar-refractivity contribution in [2.75, 3.05) is 12.3 Å². The van der Waals surface area contributed by atoms with Crippen LogP contribution in [0.1, 0.15) is 48.5 Å². The van der Waals surface area contributed by atoms with Gasteiger partial charge < -0.3 is 15.2 Å². The van der Waals surface area contributed by atoms with Crippen LogP contribution < -0.4 is 16.6 Å². The molecule has 0 fully saturated rings. The number of anilines is 1. The molecular formula is C15H23N3O4S. The van der Waals surface area contributed by atoms with E-state index in [1.54, 1.807) is 34.6 Å². The average molecular weight is 341 g/mol. The minimum absolute atomic E-state index is 0.266. The lowest BCUT2D eigenvalue weighted by molar-refractivity contribution is 0.0505. The van der Waals surface area contributed by atoms with E-state index in [0.29, 0.717) is 26.7 Å². The van der Waals surface area contributed by atoms with Crippen LogP contribution in [0.4, 0.5) is 9.80 Å². The van der Waals surface area contributed by atoms with Gasteiger partial charge in [-0.05, 0) is 40.2 Å². The van der Waals surface area contributed by atoms with Crippen molar-refractivity contribution in [2.24, 2.45) is 0 Å². The van der Waals surface area contributed by atoms with Crippen molar-refractivity contribution in [3.05, 3.63) is 22.6 Å². The van der Waals surface area contributed by atoms with Gasteiger partial charge in [0, 0.05) is 0 Å². The van der Waals surface area contributed by atoms with Crippen LogP contribution in [-0.2, 0) is 9.47 Å². The number of hydrogen-bond acceptors (Lipinski definition) is 7. The molecule has 0 saturated carbocycles. The Balaban J connectivity index is 2.80. The number of carbonyl (C=O) groups is 2. The molecule has 1 rings (SSSR count). The maximum Gasteiger partial charge on any atom is 0.426 e. The van der Waals surface area contributed by atoms with E-state index in [9.17, 15) is 9.59 Å². The van der Waals surface area contributed by atoms with Gasteiger partial charge in [0.1, 0.15) is 10.6 Å². The SMILES string of the molecule is C=C(NNC(=O)OC(C)(C)C)c1sc(N)c(C(=O)OCC)c1C. The number of nitrogen functional groups attached to an aromatic ring is 1. The first-order chi connectivity index (χ1) is 10.6. The summed E-state index contributed by atoms with van der Waals surface area (Å²) in [5, 5.41) is 0.344. The summed E-state index contributed by atoms with van der Waals surface area (Å²) in [6.07, 6.45) is -0.633. The van der Waals surface area contributed by atoms with E-state index in [-0.39, 0.29) is 6.61 Å². The van der Waals surface area contributed by atoms with E-state index in [1.165, 1.54) is 11.3 Å². The zero-order valence-electron chi connectivity index (χ0n) is 14.0. The summed E-state index contributed by atoms with van der Waals surface area (Å²) >= 11 is 1.19. The lowest BCUT2D eigenvalue weighted by Crippen LogP contribution is -2.40. The molecular weight excluding hydrogens is 318 g/mol. The smallest absolute Gasteiger partial charge is 0.426 e. The normalized spacial score (nSPS) is 10.8. The van der Waals surface area contributed by atoms with E-state index in [4.69, 9.17) is 15.2 Å². The molecule has 4 N–H and O–H groups in total. The summed E-state index contributed by atoms with van der Waals surface area (Å²) in [6.45, 7) is 12.9. The van der Waals surface area contributed by atoms with Crippen molar-refractivity contribution >= 4 is 34.1 Å². The first-order valence-corrected chi connectivity index (χ1v) is 7.88. The molecule has 23 heavy (non-hydrogen) atoms. The molecule has 0 unspecified atom stereocenters. The van der Waals surface area contributed by atoms with Crippen molar-refractivity contribution < 1.29 is 19.1 Å². The molecule has 8 heteroatoms. The van der Waals surface area contributed by atoms with Crippen molar-refractivity contribution in [1.82, 2.24) is 10.9 Å². The Bertz CT molecular complexity index is 617. The van der Waals surface area contributed by atoms with Gasteiger partial charge in [0.2, 0.25) is 0 Å². The van der Waals surface area contributed by atoms with E-state index < -0.39 is 17.7 Å². The Morgan fingerprint density at radius 2 is 1.91 bits per heavy atom. The van der Waals surface area contributed by atoms with Gasteiger partial charge in [0.25, 0.3) is 0 Å². The van der Waals surface area contributed by atoms with Crippen LogP contribution >= 0.6 is 11.3 Å². The van der Waals surface area contributed by atoms with Gasteiger partial charge in [-0.2, -0.15) is 0 Å². The number of nitrogens with one attached hydrogen (secondary N) is 2. The Morgan fingerprint density at radius 1 is 1.30 bits per heavy atom. The highest BCUT2D eigenvalue weighted by Crippen LogP contribution is 2.34. The Kier molecular flexibility index (Phi) is 6.03. The fourth-order valence-corrected chi connectivity index (χ4v) is 2.76. The van der Waals surface area contributed by atoms with Gasteiger partial charge in [0.05, 0.1) is 22.7 Å². The third-order valence-corrected chi connectivity index (χ3v) is 3.82. The molecule has 0 atom stereocenters. The Morgan fingerprint density at radius 3 is 2.43 bits per heavy atom. The van der Waals surface area contributed by atoms with Gasteiger partial charge in [-0.1, -0.05) is 6.58 Å². The molecule has 1 aromatic heterocycles. The molecule has 0 saturated heterocycles. The fourth-order valence-electron chi connectivity index (χ4n) is 1.77. The summed E-state index contributed by atoms with van der Waals surface area (Å²) in [6, 6.07) is 0. The second-order valence-corrected chi connectivity index (χ2v) is 6.80. The third-order valence-electron chi connectivity index (χ3n) is 2.64. The van der Waals surface area contributed by atoms with Gasteiger partial charge in [-0.3, -0.25) is 5.43 Å². The topological polar surface area (TPSA) is 103 Å². The highest BCUT2D eigenvalue weighted by Gasteiger charge is 2.22. The van der Waals surface area contributed by atoms with Crippen molar-refractivity contribution in [3.8, 4) is 0 Å². The number of ether oxygens (including phenoxy) is 2. The van der Waals surface area contributed by atoms with Crippen molar-refractivity contribution in [2.45, 2.75) is 40.2 Å². The minimum Gasteiger partial charge on any atom is -0.462 e. The number of rotatable bonds is 5. The van der Waals surface area contributed by atoms with Crippen LogP contribution in [0.2, 0.25) is 0 Å². The Hall–Kier alpha value is -2.22. The quantitative estimate of drug-likeness (QED) is 0.562. The van der Waals surface area contributed by atoms with E-state index >= 15 is 0 Å². The fraction of sp³-hybridized carbons (Fsp3) is 0.467. The zero-order valence-corrected chi connectivity index (χ0v) is 14.8. The van der Waals surface area contributed by atoms with Crippen molar-refractivity contribution in [3.63, 3.8) is 0 Å². The molecule has 1 aromatic rings. The molecule has 0 aliphatic rings. The average Bonchev–Trinajstić information content (AvgIpc) is 2.69. The van der Waals surface area contributed by atoms with E-state index in [1.807, 2.05) is 0 Å².